The maximum Gasteiger partial charge on any atom is 0.225 e. The Morgan fingerprint density at radius 1 is 0.952 bits per heavy atom. The summed E-state index contributed by atoms with van der Waals surface area (Å²) in [5, 5.41) is 6.07. The van der Waals surface area contributed by atoms with Crippen molar-refractivity contribution in [3.63, 3.8) is 0 Å². The number of thiocarbonyl (C=S) groups is 1. The normalized spacial score (nSPS) is 11.0. The van der Waals surface area contributed by atoms with E-state index < -0.39 is 7.26 Å². The molecular formula is C17H23ClNPS. The lowest BCUT2D eigenvalue weighted by Crippen LogP contribution is -3.00. The number of rotatable bonds is 5. The van der Waals surface area contributed by atoms with Gasteiger partial charge in [0, 0.05) is 11.1 Å². The van der Waals surface area contributed by atoms with Gasteiger partial charge in [-0.15, -0.1) is 0 Å². The first-order chi connectivity index (χ1) is 9.66. The Balaban J connectivity index is 0.00000220. The van der Waals surface area contributed by atoms with Crippen molar-refractivity contribution in [3.05, 3.63) is 42.5 Å². The largest absolute Gasteiger partial charge is 1.00 e. The molecule has 0 fully saturated rings. The van der Waals surface area contributed by atoms with Crippen LogP contribution in [-0.4, -0.2) is 23.2 Å². The van der Waals surface area contributed by atoms with Gasteiger partial charge in [-0.1, -0.05) is 36.4 Å². The fourth-order valence-corrected chi connectivity index (χ4v) is 6.50. The quantitative estimate of drug-likeness (QED) is 0.664. The Labute approximate surface area is 140 Å². The highest BCUT2D eigenvalue weighted by Gasteiger charge is 2.37. The second kappa shape index (κ2) is 8.08. The van der Waals surface area contributed by atoms with Crippen LogP contribution in [0.15, 0.2) is 42.5 Å². The predicted octanol–water partition coefficient (Wildman–Crippen LogP) is 2.62. The first-order valence-electron chi connectivity index (χ1n) is 7.32. The van der Waals surface area contributed by atoms with Crippen LogP contribution in [0, 0.1) is 0 Å². The van der Waals surface area contributed by atoms with E-state index in [1.165, 1.54) is 29.3 Å². The molecule has 0 aliphatic carbocycles. The number of nitrogens with one attached hydrogen (secondary N) is 1. The number of hydrogen-bond acceptors (Lipinski definition) is 1. The van der Waals surface area contributed by atoms with Gasteiger partial charge in [0.1, 0.15) is 0 Å². The average molecular weight is 340 g/mol. The fraction of sp³-hybridized carbons (Fsp3) is 0.353. The molecule has 0 amide bonds. The number of benzene rings is 2. The molecule has 0 aliphatic rings. The lowest BCUT2D eigenvalue weighted by Gasteiger charge is -2.24. The van der Waals surface area contributed by atoms with E-state index in [0.29, 0.717) is 0 Å². The molecule has 2 aromatic rings. The first kappa shape index (κ1) is 18.4. The minimum Gasteiger partial charge on any atom is -1.00 e. The van der Waals surface area contributed by atoms with Gasteiger partial charge >= 0.3 is 0 Å². The van der Waals surface area contributed by atoms with E-state index in [4.69, 9.17) is 12.2 Å². The molecule has 0 radical (unpaired) electrons. The minimum atomic E-state index is -1.15. The molecule has 0 spiro atoms. The molecule has 1 N–H and O–H groups in total. The molecule has 0 aliphatic heterocycles. The van der Waals surface area contributed by atoms with Crippen molar-refractivity contribution < 1.29 is 12.4 Å². The van der Waals surface area contributed by atoms with Crippen molar-refractivity contribution in [2.24, 2.45) is 0 Å². The molecule has 114 valence electrons. The van der Waals surface area contributed by atoms with Gasteiger partial charge in [-0.2, -0.15) is 0 Å². The summed E-state index contributed by atoms with van der Waals surface area (Å²) in [7, 11) is -1.15. The van der Waals surface area contributed by atoms with Crippen LogP contribution in [0.25, 0.3) is 10.8 Å². The Hall–Kier alpha value is -0.690. The number of fused-ring (bicyclic) bond motifs is 1. The number of halogens is 1. The molecule has 0 aromatic heterocycles. The van der Waals surface area contributed by atoms with E-state index >= 15 is 0 Å². The zero-order valence-electron chi connectivity index (χ0n) is 12.9. The van der Waals surface area contributed by atoms with Crippen LogP contribution >= 0.6 is 19.5 Å². The van der Waals surface area contributed by atoms with Crippen LogP contribution in [-0.2, 0) is 0 Å². The van der Waals surface area contributed by atoms with Crippen molar-refractivity contribution in [2.45, 2.75) is 20.8 Å². The van der Waals surface area contributed by atoms with Gasteiger partial charge in [0.25, 0.3) is 0 Å². The lowest BCUT2D eigenvalue weighted by atomic mass is 10.1. The van der Waals surface area contributed by atoms with E-state index in [0.717, 1.165) is 10.4 Å². The van der Waals surface area contributed by atoms with Crippen LogP contribution in [0.5, 0.6) is 0 Å². The Bertz CT molecular complexity index is 597. The third kappa shape index (κ3) is 3.74. The molecule has 2 aromatic carbocycles. The molecule has 0 saturated heterocycles. The highest BCUT2D eigenvalue weighted by atomic mass is 35.5. The van der Waals surface area contributed by atoms with Gasteiger partial charge in [0.2, 0.25) is 4.73 Å². The highest BCUT2D eigenvalue weighted by Crippen LogP contribution is 2.59. The molecule has 1 nitrogen and oxygen atoms in total. The van der Waals surface area contributed by atoms with Crippen LogP contribution in [0.3, 0.4) is 0 Å². The Morgan fingerprint density at radius 2 is 1.52 bits per heavy atom. The third-order valence-electron chi connectivity index (χ3n) is 4.28. The summed E-state index contributed by atoms with van der Waals surface area (Å²) in [6, 6.07) is 14.8. The third-order valence-corrected chi connectivity index (χ3v) is 10.1. The second-order valence-corrected chi connectivity index (χ2v) is 10.4. The van der Waals surface area contributed by atoms with Crippen molar-refractivity contribution in [1.29, 1.82) is 0 Å². The molecule has 0 bridgehead atoms. The molecule has 0 unspecified atom stereocenters. The maximum atomic E-state index is 5.77. The molecule has 0 saturated carbocycles. The van der Waals surface area contributed by atoms with Crippen molar-refractivity contribution in [3.8, 4) is 0 Å². The summed E-state index contributed by atoms with van der Waals surface area (Å²) >= 11 is 5.77. The number of anilines is 1. The molecular weight excluding hydrogens is 317 g/mol. The van der Waals surface area contributed by atoms with E-state index in [1.54, 1.807) is 0 Å². The van der Waals surface area contributed by atoms with Crippen molar-refractivity contribution in [2.75, 3.05) is 23.8 Å². The highest BCUT2D eigenvalue weighted by molar-refractivity contribution is 8.07. The molecule has 0 atom stereocenters. The summed E-state index contributed by atoms with van der Waals surface area (Å²) < 4.78 is 1.08. The zero-order chi connectivity index (χ0) is 14.6. The monoisotopic (exact) mass is 339 g/mol. The smallest absolute Gasteiger partial charge is 0.225 e. The molecule has 21 heavy (non-hydrogen) atoms. The average Bonchev–Trinajstić information content (AvgIpc) is 2.50. The van der Waals surface area contributed by atoms with Gasteiger partial charge in [-0.3, -0.25) is 0 Å². The van der Waals surface area contributed by atoms with Gasteiger partial charge in [-0.25, -0.2) is 0 Å². The van der Waals surface area contributed by atoms with Crippen molar-refractivity contribution in [1.82, 2.24) is 0 Å². The number of hydrogen-bond donors (Lipinski definition) is 1. The summed E-state index contributed by atoms with van der Waals surface area (Å²) in [6.07, 6.45) is 3.57. The maximum absolute atomic E-state index is 5.77. The minimum absolute atomic E-state index is 0. The summed E-state index contributed by atoms with van der Waals surface area (Å²) in [5.74, 6) is 0. The molecule has 4 heteroatoms. The second-order valence-electron chi connectivity index (χ2n) is 5.05. The predicted molar refractivity (Wildman–Crippen MR) is 98.7 cm³/mol. The summed E-state index contributed by atoms with van der Waals surface area (Å²) in [4.78, 5) is 0. The molecule has 0 heterocycles. The van der Waals surface area contributed by atoms with Crippen LogP contribution in [0.4, 0.5) is 5.69 Å². The van der Waals surface area contributed by atoms with Gasteiger partial charge < -0.3 is 17.7 Å². The Morgan fingerprint density at radius 3 is 2.14 bits per heavy atom. The topological polar surface area (TPSA) is 12.0 Å². The zero-order valence-corrected chi connectivity index (χ0v) is 15.4. The summed E-state index contributed by atoms with van der Waals surface area (Å²) in [5.41, 5.74) is 1.15. The van der Waals surface area contributed by atoms with Crippen LogP contribution in [0.1, 0.15) is 20.8 Å². The standard InChI is InChI=1S/C17H22NPS.ClH/c1-4-19(5-2,6-3)17(20)18-16-13-9-11-14-10-7-8-12-15(14)16;/h7-13H,4-6H2,1-3H3;1H. The molecule has 2 rings (SSSR count). The summed E-state index contributed by atoms with van der Waals surface area (Å²) in [6.45, 7) is 6.83. The van der Waals surface area contributed by atoms with E-state index in [2.05, 4.69) is 68.6 Å². The van der Waals surface area contributed by atoms with Gasteiger partial charge in [0.05, 0.1) is 25.7 Å². The van der Waals surface area contributed by atoms with Gasteiger partial charge in [0.15, 0.2) is 0 Å². The first-order valence-corrected chi connectivity index (χ1v) is 10.1. The van der Waals surface area contributed by atoms with E-state index in [1.807, 2.05) is 0 Å². The van der Waals surface area contributed by atoms with Crippen LogP contribution in [0.2, 0.25) is 0 Å². The van der Waals surface area contributed by atoms with Crippen molar-refractivity contribution >= 4 is 40.7 Å². The lowest BCUT2D eigenvalue weighted by molar-refractivity contribution is -0.00000399. The fourth-order valence-electron chi connectivity index (χ4n) is 2.67. The van der Waals surface area contributed by atoms with E-state index in [9.17, 15) is 0 Å². The van der Waals surface area contributed by atoms with E-state index in [-0.39, 0.29) is 12.4 Å². The van der Waals surface area contributed by atoms with Crippen LogP contribution < -0.4 is 17.7 Å². The SMILES string of the molecule is CC[P+](CC)(CC)C(=S)Nc1cccc2ccccc12.[Cl-]. The Kier molecular flexibility index (Phi) is 7.06. The van der Waals surface area contributed by atoms with Gasteiger partial charge in [-0.05, 0) is 44.4 Å².